The zero-order valence-corrected chi connectivity index (χ0v) is 23.5. The molecule has 198 valence electrons. The summed E-state index contributed by atoms with van der Waals surface area (Å²) in [5.41, 5.74) is 1.20. The Morgan fingerprint density at radius 2 is 1.27 bits per heavy atom. The number of aliphatic hydroxyl groups excluding tert-OH is 1. The molecule has 0 aromatic heterocycles. The molecule has 1 aliphatic carbocycles. The fourth-order valence-corrected chi connectivity index (χ4v) is 10.1. The Bertz CT molecular complexity index is 1010. The first-order valence-corrected chi connectivity index (χ1v) is 15.5. The van der Waals surface area contributed by atoms with Crippen LogP contribution in [0.4, 0.5) is 0 Å². The van der Waals surface area contributed by atoms with Crippen LogP contribution in [0.2, 0.25) is 5.04 Å². The molecule has 0 spiro atoms. The van der Waals surface area contributed by atoms with E-state index < -0.39 is 14.4 Å². The molecule has 3 atom stereocenters. The van der Waals surface area contributed by atoms with Gasteiger partial charge in [0.1, 0.15) is 0 Å². The van der Waals surface area contributed by atoms with Gasteiger partial charge in [-0.1, -0.05) is 112 Å². The lowest BCUT2D eigenvalue weighted by atomic mass is 9.95. The van der Waals surface area contributed by atoms with Crippen molar-refractivity contribution in [1.82, 2.24) is 0 Å². The minimum Gasteiger partial charge on any atom is -0.405 e. The molecular weight excluding hydrogens is 476 g/mol. The molecule has 1 N–H and O–H groups in total. The van der Waals surface area contributed by atoms with Gasteiger partial charge in [0.2, 0.25) is 0 Å². The number of hydrogen-bond donors (Lipinski definition) is 1. The standard InChI is InChI=1S/C32H42O4Si/c1-32(2,3)37(30-18-9-5-10-19-30,31-20-11-6-12-21-31)36-25-27(33)24-35-29-17-13-16-28(22-29)34-23-26-14-7-4-8-15-26/h4-12,14-15,18-21,27-29,33H,13,16-17,22-25H2,1-3H3/t27-,28+,29-/m0/s1. The first-order chi connectivity index (χ1) is 17.9. The van der Waals surface area contributed by atoms with E-state index in [1.54, 1.807) is 0 Å². The summed E-state index contributed by atoms with van der Waals surface area (Å²) in [6, 6.07) is 31.4. The molecule has 1 saturated carbocycles. The van der Waals surface area contributed by atoms with Crippen LogP contribution in [0.25, 0.3) is 0 Å². The predicted molar refractivity (Wildman–Crippen MR) is 153 cm³/mol. The van der Waals surface area contributed by atoms with Gasteiger partial charge in [-0.15, -0.1) is 0 Å². The minimum atomic E-state index is -2.67. The molecular formula is C32H42O4Si. The van der Waals surface area contributed by atoms with Gasteiger partial charge in [-0.05, 0) is 46.7 Å². The lowest BCUT2D eigenvalue weighted by Crippen LogP contribution is -2.67. The van der Waals surface area contributed by atoms with Crippen LogP contribution in [0.1, 0.15) is 52.0 Å². The van der Waals surface area contributed by atoms with E-state index in [0.717, 1.165) is 25.7 Å². The molecule has 4 rings (SSSR count). The normalized spacial score (nSPS) is 19.5. The Labute approximate surface area is 223 Å². The van der Waals surface area contributed by atoms with Crippen molar-refractivity contribution in [2.75, 3.05) is 13.2 Å². The number of hydrogen-bond acceptors (Lipinski definition) is 4. The third kappa shape index (κ3) is 7.18. The molecule has 0 saturated heterocycles. The topological polar surface area (TPSA) is 47.9 Å². The zero-order chi connectivity index (χ0) is 26.1. The second-order valence-electron chi connectivity index (χ2n) is 11.2. The van der Waals surface area contributed by atoms with Crippen molar-refractivity contribution >= 4 is 18.7 Å². The summed E-state index contributed by atoms with van der Waals surface area (Å²) >= 11 is 0. The summed E-state index contributed by atoms with van der Waals surface area (Å²) in [5.74, 6) is 0. The molecule has 1 fully saturated rings. The summed E-state index contributed by atoms with van der Waals surface area (Å²) in [7, 11) is -2.67. The fourth-order valence-electron chi connectivity index (χ4n) is 5.47. The number of ether oxygens (including phenoxy) is 2. The van der Waals surface area contributed by atoms with Crippen LogP contribution in [0, 0.1) is 0 Å². The molecule has 0 unspecified atom stereocenters. The van der Waals surface area contributed by atoms with E-state index in [0.29, 0.717) is 6.61 Å². The van der Waals surface area contributed by atoms with Gasteiger partial charge >= 0.3 is 0 Å². The van der Waals surface area contributed by atoms with Gasteiger partial charge in [0, 0.05) is 0 Å². The molecule has 0 radical (unpaired) electrons. The Morgan fingerprint density at radius 1 is 0.757 bits per heavy atom. The van der Waals surface area contributed by atoms with Crippen molar-refractivity contribution in [1.29, 1.82) is 0 Å². The highest BCUT2D eigenvalue weighted by Gasteiger charge is 2.50. The van der Waals surface area contributed by atoms with Crippen LogP contribution in [0.3, 0.4) is 0 Å². The maximum absolute atomic E-state index is 11.0. The second kappa shape index (κ2) is 13.0. The first-order valence-electron chi connectivity index (χ1n) is 13.6. The monoisotopic (exact) mass is 518 g/mol. The van der Waals surface area contributed by atoms with E-state index in [1.165, 1.54) is 15.9 Å². The van der Waals surface area contributed by atoms with Crippen molar-refractivity contribution in [3.63, 3.8) is 0 Å². The van der Waals surface area contributed by atoms with Gasteiger partial charge in [-0.25, -0.2) is 0 Å². The molecule has 0 aliphatic heterocycles. The Hall–Kier alpha value is -2.28. The van der Waals surface area contributed by atoms with Crippen LogP contribution < -0.4 is 10.4 Å². The van der Waals surface area contributed by atoms with Gasteiger partial charge in [0.05, 0.1) is 38.1 Å². The van der Waals surface area contributed by atoms with Gasteiger partial charge in [0.25, 0.3) is 8.32 Å². The third-order valence-corrected chi connectivity index (χ3v) is 12.3. The summed E-state index contributed by atoms with van der Waals surface area (Å²) < 4.78 is 19.2. The molecule has 3 aromatic rings. The lowest BCUT2D eigenvalue weighted by Gasteiger charge is -2.43. The van der Waals surface area contributed by atoms with Gasteiger partial charge in [0.15, 0.2) is 0 Å². The summed E-state index contributed by atoms with van der Waals surface area (Å²) in [6.07, 6.45) is 3.64. The van der Waals surface area contributed by atoms with Crippen molar-refractivity contribution in [2.45, 2.75) is 76.4 Å². The summed E-state index contributed by atoms with van der Waals surface area (Å²) in [5, 5.41) is 13.3. The van der Waals surface area contributed by atoms with Crippen LogP contribution in [0.5, 0.6) is 0 Å². The largest absolute Gasteiger partial charge is 0.405 e. The van der Waals surface area contributed by atoms with Crippen LogP contribution in [0.15, 0.2) is 91.0 Å². The zero-order valence-electron chi connectivity index (χ0n) is 22.5. The molecule has 3 aromatic carbocycles. The van der Waals surface area contributed by atoms with Gasteiger partial charge in [-0.2, -0.15) is 0 Å². The van der Waals surface area contributed by atoms with Crippen molar-refractivity contribution in [3.8, 4) is 0 Å². The van der Waals surface area contributed by atoms with E-state index in [-0.39, 0.29) is 30.5 Å². The number of rotatable bonds is 11. The average Bonchev–Trinajstić information content (AvgIpc) is 2.92. The number of benzene rings is 3. The third-order valence-electron chi connectivity index (χ3n) is 7.34. The van der Waals surface area contributed by atoms with E-state index in [1.807, 2.05) is 30.3 Å². The maximum atomic E-state index is 11.0. The van der Waals surface area contributed by atoms with E-state index in [2.05, 4.69) is 81.4 Å². The van der Waals surface area contributed by atoms with Gasteiger partial charge < -0.3 is 19.0 Å². The summed E-state index contributed by atoms with van der Waals surface area (Å²) in [4.78, 5) is 0. The highest BCUT2D eigenvalue weighted by atomic mass is 28.4. The van der Waals surface area contributed by atoms with Crippen molar-refractivity contribution in [3.05, 3.63) is 96.6 Å². The lowest BCUT2D eigenvalue weighted by molar-refractivity contribution is -0.0750. The quantitative estimate of drug-likeness (QED) is 0.342. The fraction of sp³-hybridized carbons (Fsp3) is 0.438. The Morgan fingerprint density at radius 3 is 1.81 bits per heavy atom. The molecule has 1 aliphatic rings. The first kappa shape index (κ1) is 27.7. The molecule has 5 heteroatoms. The summed E-state index contributed by atoms with van der Waals surface area (Å²) in [6.45, 7) is 7.90. The van der Waals surface area contributed by atoms with Crippen LogP contribution in [-0.4, -0.2) is 44.9 Å². The molecule has 0 amide bonds. The smallest absolute Gasteiger partial charge is 0.261 e. The Kier molecular flexibility index (Phi) is 9.74. The Balaban J connectivity index is 1.36. The highest BCUT2D eigenvalue weighted by molar-refractivity contribution is 6.99. The van der Waals surface area contributed by atoms with Crippen LogP contribution >= 0.6 is 0 Å². The second-order valence-corrected chi connectivity index (χ2v) is 15.5. The minimum absolute atomic E-state index is 0.108. The van der Waals surface area contributed by atoms with E-state index in [9.17, 15) is 5.11 Å². The number of aliphatic hydroxyl groups is 1. The van der Waals surface area contributed by atoms with Crippen molar-refractivity contribution < 1.29 is 19.0 Å². The van der Waals surface area contributed by atoms with E-state index in [4.69, 9.17) is 13.9 Å². The average molecular weight is 519 g/mol. The highest BCUT2D eigenvalue weighted by Crippen LogP contribution is 2.36. The maximum Gasteiger partial charge on any atom is 0.261 e. The SMILES string of the molecule is CC(C)(C)[Si](OC[C@@H](O)CO[C@H]1CCC[C@@H](OCc2ccccc2)C1)(c1ccccc1)c1ccccc1. The van der Waals surface area contributed by atoms with Crippen molar-refractivity contribution in [2.24, 2.45) is 0 Å². The van der Waals surface area contributed by atoms with Gasteiger partial charge in [-0.3, -0.25) is 0 Å². The molecule has 4 nitrogen and oxygen atoms in total. The molecule has 0 bridgehead atoms. The van der Waals surface area contributed by atoms with Crippen LogP contribution in [-0.2, 0) is 20.5 Å². The molecule has 0 heterocycles. The predicted octanol–water partition coefficient (Wildman–Crippen LogP) is 5.47. The van der Waals surface area contributed by atoms with E-state index >= 15 is 0 Å². The molecule has 37 heavy (non-hydrogen) atoms.